The van der Waals surface area contributed by atoms with E-state index in [1.165, 1.54) is 0 Å². The molecule has 6 nitrogen and oxygen atoms in total. The number of para-hydroxylation sites is 1. The Kier molecular flexibility index (Phi) is 5.48. The van der Waals surface area contributed by atoms with Crippen LogP contribution < -0.4 is 0 Å². The lowest BCUT2D eigenvalue weighted by molar-refractivity contribution is -0.151. The van der Waals surface area contributed by atoms with Gasteiger partial charge in [-0.2, -0.15) is 5.10 Å². The summed E-state index contributed by atoms with van der Waals surface area (Å²) in [5.41, 5.74) is 1.83. The highest BCUT2D eigenvalue weighted by Crippen LogP contribution is 2.19. The van der Waals surface area contributed by atoms with Crippen molar-refractivity contribution in [1.82, 2.24) is 14.7 Å². The minimum Gasteiger partial charge on any atom is -0.466 e. The van der Waals surface area contributed by atoms with Gasteiger partial charge in [-0.3, -0.25) is 9.59 Å². The molecule has 0 saturated carbocycles. The summed E-state index contributed by atoms with van der Waals surface area (Å²) in [5, 5.41) is 4.32. The van der Waals surface area contributed by atoms with Gasteiger partial charge in [0.1, 0.15) is 0 Å². The van der Waals surface area contributed by atoms with Gasteiger partial charge in [-0.15, -0.1) is 0 Å². The molecule has 0 aliphatic carbocycles. The van der Waals surface area contributed by atoms with E-state index in [1.807, 2.05) is 36.5 Å². The zero-order valence-corrected chi connectivity index (χ0v) is 14.4. The van der Waals surface area contributed by atoms with E-state index in [-0.39, 0.29) is 17.8 Å². The fraction of sp³-hybridized carbons (Fsp3) is 0.421. The zero-order valence-electron chi connectivity index (χ0n) is 14.4. The fourth-order valence-electron chi connectivity index (χ4n) is 3.12. The van der Waals surface area contributed by atoms with Gasteiger partial charge in [-0.05, 0) is 37.5 Å². The van der Waals surface area contributed by atoms with Crippen molar-refractivity contribution in [2.75, 3.05) is 19.7 Å². The third-order valence-electron chi connectivity index (χ3n) is 4.41. The number of esters is 1. The number of aromatic nitrogens is 2. The van der Waals surface area contributed by atoms with E-state index in [9.17, 15) is 9.59 Å². The Hall–Kier alpha value is -2.63. The first-order chi connectivity index (χ1) is 12.2. The normalized spacial score (nSPS) is 17.3. The molecule has 3 rings (SSSR count). The highest BCUT2D eigenvalue weighted by molar-refractivity contribution is 5.80. The van der Waals surface area contributed by atoms with Crippen LogP contribution in [-0.2, 0) is 20.7 Å². The quantitative estimate of drug-likeness (QED) is 0.782. The number of amides is 1. The van der Waals surface area contributed by atoms with E-state index in [0.717, 1.165) is 24.1 Å². The number of carbonyl (C=O) groups excluding carboxylic acids is 2. The molecule has 0 bridgehead atoms. The van der Waals surface area contributed by atoms with Gasteiger partial charge >= 0.3 is 5.97 Å². The largest absolute Gasteiger partial charge is 0.466 e. The first-order valence-electron chi connectivity index (χ1n) is 8.70. The second-order valence-corrected chi connectivity index (χ2v) is 6.24. The summed E-state index contributed by atoms with van der Waals surface area (Å²) in [6.07, 6.45) is 5.51. The Morgan fingerprint density at radius 1 is 1.28 bits per heavy atom. The Morgan fingerprint density at radius 3 is 2.84 bits per heavy atom. The number of piperidine rings is 1. The van der Waals surface area contributed by atoms with Gasteiger partial charge in [0.25, 0.3) is 0 Å². The van der Waals surface area contributed by atoms with Crippen molar-refractivity contribution >= 4 is 11.9 Å². The zero-order chi connectivity index (χ0) is 17.6. The van der Waals surface area contributed by atoms with Crippen molar-refractivity contribution in [2.45, 2.75) is 26.2 Å². The summed E-state index contributed by atoms with van der Waals surface area (Å²) >= 11 is 0. The number of benzene rings is 1. The highest BCUT2D eigenvalue weighted by atomic mass is 16.5. The second-order valence-electron chi connectivity index (χ2n) is 6.24. The number of carbonyl (C=O) groups is 2. The summed E-state index contributed by atoms with van der Waals surface area (Å²) < 4.78 is 6.85. The molecule has 2 aromatic rings. The molecule has 1 unspecified atom stereocenters. The molecule has 0 spiro atoms. The SMILES string of the molecule is CCOC(=O)C1CCCN(C(=O)Cc2cnn(-c3ccccc3)c2)C1. The summed E-state index contributed by atoms with van der Waals surface area (Å²) in [5.74, 6) is -0.372. The molecule has 0 radical (unpaired) electrons. The van der Waals surface area contributed by atoms with Crippen LogP contribution in [0.3, 0.4) is 0 Å². The van der Waals surface area contributed by atoms with Crippen LogP contribution in [0, 0.1) is 5.92 Å². The van der Waals surface area contributed by atoms with Crippen molar-refractivity contribution in [2.24, 2.45) is 5.92 Å². The highest BCUT2D eigenvalue weighted by Gasteiger charge is 2.29. The van der Waals surface area contributed by atoms with Crippen molar-refractivity contribution in [3.63, 3.8) is 0 Å². The van der Waals surface area contributed by atoms with E-state index < -0.39 is 0 Å². The van der Waals surface area contributed by atoms with Crippen LogP contribution >= 0.6 is 0 Å². The predicted octanol–water partition coefficient (Wildman–Crippen LogP) is 2.22. The van der Waals surface area contributed by atoms with Crippen molar-refractivity contribution in [3.8, 4) is 5.69 Å². The van der Waals surface area contributed by atoms with Crippen LogP contribution in [-0.4, -0.2) is 46.3 Å². The number of ether oxygens (including phenoxy) is 1. The second kappa shape index (κ2) is 7.96. The average molecular weight is 341 g/mol. The van der Waals surface area contributed by atoms with Gasteiger partial charge < -0.3 is 9.64 Å². The molecule has 1 atom stereocenters. The van der Waals surface area contributed by atoms with E-state index in [4.69, 9.17) is 4.74 Å². The Morgan fingerprint density at radius 2 is 2.08 bits per heavy atom. The maximum absolute atomic E-state index is 12.6. The molecule has 1 saturated heterocycles. The van der Waals surface area contributed by atoms with Crippen LogP contribution in [0.5, 0.6) is 0 Å². The third-order valence-corrected chi connectivity index (χ3v) is 4.41. The molecule has 132 valence electrons. The van der Waals surface area contributed by atoms with Gasteiger partial charge in [-0.1, -0.05) is 18.2 Å². The van der Waals surface area contributed by atoms with Gasteiger partial charge in [0.15, 0.2) is 0 Å². The van der Waals surface area contributed by atoms with E-state index in [0.29, 0.717) is 26.1 Å². The van der Waals surface area contributed by atoms with Crippen molar-refractivity contribution in [1.29, 1.82) is 0 Å². The molecular weight excluding hydrogens is 318 g/mol. The maximum Gasteiger partial charge on any atom is 0.310 e. The molecule has 25 heavy (non-hydrogen) atoms. The Bertz CT molecular complexity index is 727. The molecule has 1 aliphatic rings. The lowest BCUT2D eigenvalue weighted by Crippen LogP contribution is -2.43. The van der Waals surface area contributed by atoms with Gasteiger partial charge in [-0.25, -0.2) is 4.68 Å². The van der Waals surface area contributed by atoms with E-state index in [2.05, 4.69) is 5.10 Å². The molecule has 1 fully saturated rings. The molecule has 1 aliphatic heterocycles. The van der Waals surface area contributed by atoms with Crippen molar-refractivity contribution in [3.05, 3.63) is 48.3 Å². The minimum absolute atomic E-state index is 0.0293. The molecule has 1 amide bonds. The molecular formula is C19H23N3O3. The molecule has 1 aromatic heterocycles. The van der Waals surface area contributed by atoms with Crippen LogP contribution in [0.4, 0.5) is 0 Å². The Balaban J connectivity index is 1.60. The molecule has 6 heteroatoms. The van der Waals surface area contributed by atoms with Gasteiger partial charge in [0.05, 0.1) is 30.8 Å². The summed E-state index contributed by atoms with van der Waals surface area (Å²) in [6, 6.07) is 9.78. The predicted molar refractivity (Wildman–Crippen MR) is 93.2 cm³/mol. The number of hydrogen-bond donors (Lipinski definition) is 0. The number of rotatable bonds is 5. The average Bonchev–Trinajstić information content (AvgIpc) is 3.11. The smallest absolute Gasteiger partial charge is 0.310 e. The van der Waals surface area contributed by atoms with Gasteiger partial charge in [0, 0.05) is 19.3 Å². The lowest BCUT2D eigenvalue weighted by Gasteiger charge is -2.31. The van der Waals surface area contributed by atoms with Crippen molar-refractivity contribution < 1.29 is 14.3 Å². The van der Waals surface area contributed by atoms with Crippen LogP contribution in [0.25, 0.3) is 5.69 Å². The van der Waals surface area contributed by atoms with Crippen LogP contribution in [0.2, 0.25) is 0 Å². The maximum atomic E-state index is 12.6. The number of nitrogens with zero attached hydrogens (tertiary/aromatic N) is 3. The summed E-state index contributed by atoms with van der Waals surface area (Å²) in [6.45, 7) is 3.32. The first-order valence-corrected chi connectivity index (χ1v) is 8.70. The Labute approximate surface area is 147 Å². The number of hydrogen-bond acceptors (Lipinski definition) is 4. The topological polar surface area (TPSA) is 64.4 Å². The number of likely N-dealkylation sites (tertiary alicyclic amines) is 1. The van der Waals surface area contributed by atoms with Crippen LogP contribution in [0.1, 0.15) is 25.3 Å². The molecule has 0 N–H and O–H groups in total. The first kappa shape index (κ1) is 17.2. The van der Waals surface area contributed by atoms with Crippen LogP contribution in [0.15, 0.2) is 42.7 Å². The van der Waals surface area contributed by atoms with E-state index in [1.54, 1.807) is 22.7 Å². The monoisotopic (exact) mass is 341 g/mol. The summed E-state index contributed by atoms with van der Waals surface area (Å²) in [4.78, 5) is 26.3. The minimum atomic E-state index is -0.204. The van der Waals surface area contributed by atoms with E-state index >= 15 is 0 Å². The third kappa shape index (κ3) is 4.26. The summed E-state index contributed by atoms with van der Waals surface area (Å²) in [7, 11) is 0. The molecule has 1 aromatic carbocycles. The fourth-order valence-corrected chi connectivity index (χ4v) is 3.12. The molecule has 2 heterocycles. The standard InChI is InChI=1S/C19H23N3O3/c1-2-25-19(24)16-7-6-10-21(14-16)18(23)11-15-12-20-22(13-15)17-8-4-3-5-9-17/h3-5,8-9,12-13,16H,2,6-7,10-11,14H2,1H3. The lowest BCUT2D eigenvalue weighted by atomic mass is 9.97. The van der Waals surface area contributed by atoms with Gasteiger partial charge in [0.2, 0.25) is 5.91 Å².